The molecule has 4 rings (SSSR count). The molecule has 0 N–H and O–H groups in total. The summed E-state index contributed by atoms with van der Waals surface area (Å²) in [5.74, 6) is 2.00. The molecule has 0 aromatic heterocycles. The smallest absolute Gasteiger partial charge is 0.226 e. The van der Waals surface area contributed by atoms with Crippen LogP contribution in [0.3, 0.4) is 0 Å². The first-order chi connectivity index (χ1) is 13.1. The maximum absolute atomic E-state index is 13.1. The zero-order chi connectivity index (χ0) is 19.0. The molecule has 2 atom stereocenters. The van der Waals surface area contributed by atoms with Crippen LogP contribution in [0.5, 0.6) is 11.5 Å². The quantitative estimate of drug-likeness (QED) is 0.815. The van der Waals surface area contributed by atoms with E-state index >= 15 is 0 Å². The predicted octanol–water partition coefficient (Wildman–Crippen LogP) is 2.63. The van der Waals surface area contributed by atoms with Gasteiger partial charge in [-0.2, -0.15) is 0 Å². The van der Waals surface area contributed by atoms with Gasteiger partial charge in [-0.1, -0.05) is 12.1 Å². The molecule has 1 aliphatic carbocycles. The number of ether oxygens (including phenoxy) is 2. The molecule has 2 fully saturated rings. The van der Waals surface area contributed by atoms with Crippen LogP contribution in [-0.4, -0.2) is 54.5 Å². The molecule has 0 unspecified atom stereocenters. The molecule has 3 aliphatic rings. The van der Waals surface area contributed by atoms with Crippen LogP contribution in [0.1, 0.15) is 44.7 Å². The van der Waals surface area contributed by atoms with Crippen molar-refractivity contribution in [3.63, 3.8) is 0 Å². The Labute approximate surface area is 160 Å². The molecule has 1 saturated heterocycles. The van der Waals surface area contributed by atoms with Gasteiger partial charge in [0.25, 0.3) is 0 Å². The third-order valence-corrected chi connectivity index (χ3v) is 5.82. The molecule has 0 bridgehead atoms. The molecule has 1 saturated carbocycles. The summed E-state index contributed by atoms with van der Waals surface area (Å²) in [5.41, 5.74) is 1.01. The van der Waals surface area contributed by atoms with E-state index in [1.54, 1.807) is 0 Å². The molecular formula is C21H28N2O4. The third-order valence-electron chi connectivity index (χ3n) is 5.82. The normalized spacial score (nSPS) is 25.0. The molecule has 1 aromatic rings. The van der Waals surface area contributed by atoms with E-state index in [0.29, 0.717) is 39.3 Å². The second-order valence-electron chi connectivity index (χ2n) is 7.61. The number of amides is 2. The lowest BCUT2D eigenvalue weighted by Gasteiger charge is -2.44. The lowest BCUT2D eigenvalue weighted by Crippen LogP contribution is -2.51. The first kappa shape index (κ1) is 18.1. The van der Waals surface area contributed by atoms with Gasteiger partial charge in [0, 0.05) is 43.5 Å². The zero-order valence-electron chi connectivity index (χ0n) is 16.1. The lowest BCUT2D eigenvalue weighted by molar-refractivity contribution is -0.143. The van der Waals surface area contributed by atoms with Crippen LogP contribution < -0.4 is 9.47 Å². The summed E-state index contributed by atoms with van der Waals surface area (Å²) in [6, 6.07) is 5.86. The van der Waals surface area contributed by atoms with Crippen LogP contribution in [0.4, 0.5) is 0 Å². The number of hydrogen-bond donors (Lipinski definition) is 0. The summed E-state index contributed by atoms with van der Waals surface area (Å²) in [5, 5.41) is 0. The van der Waals surface area contributed by atoms with Crippen molar-refractivity contribution in [2.45, 2.75) is 39.2 Å². The number of para-hydroxylation sites is 1. The highest BCUT2D eigenvalue weighted by molar-refractivity contribution is 5.83. The first-order valence-corrected chi connectivity index (χ1v) is 10.1. The first-order valence-electron chi connectivity index (χ1n) is 10.1. The van der Waals surface area contributed by atoms with E-state index in [0.717, 1.165) is 29.9 Å². The molecule has 6 heteroatoms. The van der Waals surface area contributed by atoms with Crippen molar-refractivity contribution in [3.05, 3.63) is 23.8 Å². The summed E-state index contributed by atoms with van der Waals surface area (Å²) < 4.78 is 11.9. The number of carbonyl (C=O) groups excluding carboxylic acids is 2. The Morgan fingerprint density at radius 3 is 2.81 bits per heavy atom. The number of carbonyl (C=O) groups is 2. The number of benzene rings is 1. The van der Waals surface area contributed by atoms with Crippen molar-refractivity contribution in [3.8, 4) is 11.5 Å². The SMILES string of the molecule is CCOc1cccc2c1OC[C@@H]1CN(CC)C(=O)CCN(C(=O)C3CC3)[C@H]21. The Balaban J connectivity index is 1.75. The van der Waals surface area contributed by atoms with Gasteiger partial charge in [0.05, 0.1) is 19.3 Å². The number of nitrogens with zero attached hydrogens (tertiary/aromatic N) is 2. The Hall–Kier alpha value is -2.24. The van der Waals surface area contributed by atoms with Crippen LogP contribution in [0, 0.1) is 11.8 Å². The van der Waals surface area contributed by atoms with E-state index in [9.17, 15) is 9.59 Å². The minimum atomic E-state index is -0.0654. The second kappa shape index (κ2) is 7.41. The van der Waals surface area contributed by atoms with Crippen molar-refractivity contribution in [1.82, 2.24) is 9.80 Å². The fraction of sp³-hybridized carbons (Fsp3) is 0.619. The van der Waals surface area contributed by atoms with Crippen LogP contribution in [0.25, 0.3) is 0 Å². The highest BCUT2D eigenvalue weighted by atomic mass is 16.5. The largest absolute Gasteiger partial charge is 0.490 e. The molecule has 27 heavy (non-hydrogen) atoms. The van der Waals surface area contributed by atoms with E-state index in [-0.39, 0.29) is 29.7 Å². The van der Waals surface area contributed by atoms with Gasteiger partial charge in [-0.05, 0) is 32.8 Å². The lowest BCUT2D eigenvalue weighted by atomic mass is 9.87. The molecule has 0 spiro atoms. The number of fused-ring (bicyclic) bond motifs is 3. The second-order valence-corrected chi connectivity index (χ2v) is 7.61. The minimum absolute atomic E-state index is 0.0654. The van der Waals surface area contributed by atoms with Gasteiger partial charge in [-0.25, -0.2) is 0 Å². The molecule has 2 aliphatic heterocycles. The van der Waals surface area contributed by atoms with Gasteiger partial charge >= 0.3 is 0 Å². The highest BCUT2D eigenvalue weighted by Gasteiger charge is 2.44. The van der Waals surface area contributed by atoms with Crippen LogP contribution in [0.2, 0.25) is 0 Å². The molecule has 2 amide bonds. The van der Waals surface area contributed by atoms with Crippen molar-refractivity contribution in [1.29, 1.82) is 0 Å². The Bertz CT molecular complexity index is 731. The summed E-state index contributed by atoms with van der Waals surface area (Å²) in [6.07, 6.45) is 2.31. The van der Waals surface area contributed by atoms with E-state index in [2.05, 4.69) is 0 Å². The van der Waals surface area contributed by atoms with E-state index in [1.807, 2.05) is 41.8 Å². The zero-order valence-corrected chi connectivity index (χ0v) is 16.1. The molecule has 146 valence electrons. The maximum Gasteiger partial charge on any atom is 0.226 e. The summed E-state index contributed by atoms with van der Waals surface area (Å²) >= 11 is 0. The summed E-state index contributed by atoms with van der Waals surface area (Å²) in [4.78, 5) is 29.5. The van der Waals surface area contributed by atoms with Crippen LogP contribution >= 0.6 is 0 Å². The van der Waals surface area contributed by atoms with E-state index < -0.39 is 0 Å². The van der Waals surface area contributed by atoms with Gasteiger partial charge in [-0.3, -0.25) is 9.59 Å². The van der Waals surface area contributed by atoms with E-state index in [4.69, 9.17) is 9.47 Å². The van der Waals surface area contributed by atoms with E-state index in [1.165, 1.54) is 0 Å². The van der Waals surface area contributed by atoms with Crippen molar-refractivity contribution in [2.24, 2.45) is 11.8 Å². The molecule has 2 heterocycles. The van der Waals surface area contributed by atoms with Crippen molar-refractivity contribution in [2.75, 3.05) is 32.8 Å². The fourth-order valence-corrected chi connectivity index (χ4v) is 4.32. The Morgan fingerprint density at radius 2 is 2.11 bits per heavy atom. The predicted molar refractivity (Wildman–Crippen MR) is 101 cm³/mol. The molecule has 1 aromatic carbocycles. The van der Waals surface area contributed by atoms with Gasteiger partial charge in [0.15, 0.2) is 11.5 Å². The Kier molecular flexibility index (Phi) is 4.98. The van der Waals surface area contributed by atoms with Crippen molar-refractivity contribution >= 4 is 11.8 Å². The summed E-state index contributed by atoms with van der Waals surface area (Å²) in [6.45, 7) is 6.79. The minimum Gasteiger partial charge on any atom is -0.490 e. The molecular weight excluding hydrogens is 344 g/mol. The van der Waals surface area contributed by atoms with Crippen LogP contribution in [0.15, 0.2) is 18.2 Å². The average Bonchev–Trinajstić information content (AvgIpc) is 3.50. The maximum atomic E-state index is 13.1. The molecule has 6 nitrogen and oxygen atoms in total. The van der Waals surface area contributed by atoms with Gasteiger partial charge < -0.3 is 19.3 Å². The molecule has 0 radical (unpaired) electrons. The average molecular weight is 372 g/mol. The summed E-state index contributed by atoms with van der Waals surface area (Å²) in [7, 11) is 0. The fourth-order valence-electron chi connectivity index (χ4n) is 4.32. The number of rotatable bonds is 4. The highest BCUT2D eigenvalue weighted by Crippen LogP contribution is 2.46. The topological polar surface area (TPSA) is 59.1 Å². The third kappa shape index (κ3) is 3.37. The monoisotopic (exact) mass is 372 g/mol. The van der Waals surface area contributed by atoms with Crippen LogP contribution in [-0.2, 0) is 9.59 Å². The van der Waals surface area contributed by atoms with Gasteiger partial charge in [0.1, 0.15) is 0 Å². The van der Waals surface area contributed by atoms with Gasteiger partial charge in [0.2, 0.25) is 11.8 Å². The van der Waals surface area contributed by atoms with Crippen molar-refractivity contribution < 1.29 is 19.1 Å². The van der Waals surface area contributed by atoms with Gasteiger partial charge in [-0.15, -0.1) is 0 Å². The standard InChI is InChI=1S/C21H28N2O4/c1-3-22-12-15-13-27-20-16(6-5-7-17(20)26-4-2)19(15)23(11-10-18(22)24)21(25)14-8-9-14/h5-7,14-15,19H,3-4,8-13H2,1-2H3/t15-,19-/m0/s1. The Morgan fingerprint density at radius 1 is 1.30 bits per heavy atom. The number of hydrogen-bond acceptors (Lipinski definition) is 4.